The smallest absolute Gasteiger partial charge is 0.152 e. The van der Waals surface area contributed by atoms with Gasteiger partial charge in [-0.2, -0.15) is 0 Å². The molecule has 2 nitrogen and oxygen atoms in total. The number of halogens is 2. The molecule has 0 aliphatic rings. The summed E-state index contributed by atoms with van der Waals surface area (Å²) in [5.74, 6) is 0. The highest BCUT2D eigenvalue weighted by atomic mass is 35.5. The number of fused-ring (bicyclic) bond motifs is 3. The van der Waals surface area contributed by atoms with E-state index in [1.54, 1.807) is 6.07 Å². The van der Waals surface area contributed by atoms with Crippen LogP contribution in [-0.4, -0.2) is 11.3 Å². The molecule has 2 aromatic carbocycles. The van der Waals surface area contributed by atoms with E-state index in [2.05, 4.69) is 4.98 Å². The molecule has 0 amide bonds. The fraction of sp³-hybridized carbons (Fsp3) is 0. The Bertz CT molecular complexity index is 1030. The largest absolute Gasteiger partial charge is 0.353 e. The van der Waals surface area contributed by atoms with Crippen molar-refractivity contribution in [2.24, 2.45) is 0 Å². The van der Waals surface area contributed by atoms with Crippen LogP contribution in [0.2, 0.25) is 8.67 Å². The fourth-order valence-electron chi connectivity index (χ4n) is 2.80. The van der Waals surface area contributed by atoms with Crippen molar-refractivity contribution in [3.8, 4) is 11.3 Å². The summed E-state index contributed by atoms with van der Waals surface area (Å²) in [5.41, 5.74) is 3.03. The maximum absolute atomic E-state index is 11.6. The zero-order chi connectivity index (χ0) is 15.3. The Morgan fingerprint density at radius 2 is 1.86 bits per heavy atom. The van der Waals surface area contributed by atoms with Gasteiger partial charge in [-0.15, -0.1) is 11.3 Å². The average molecular weight is 346 g/mol. The number of nitrogens with one attached hydrogen (secondary N) is 1. The Labute approximate surface area is 140 Å². The molecule has 0 saturated heterocycles. The van der Waals surface area contributed by atoms with Gasteiger partial charge in [-0.3, -0.25) is 4.79 Å². The minimum Gasteiger partial charge on any atom is -0.353 e. The Kier molecular flexibility index (Phi) is 3.22. The van der Waals surface area contributed by atoms with E-state index >= 15 is 0 Å². The molecule has 4 rings (SSSR count). The molecule has 0 bridgehead atoms. The van der Waals surface area contributed by atoms with Crippen molar-refractivity contribution >= 4 is 62.5 Å². The van der Waals surface area contributed by atoms with E-state index in [0.29, 0.717) is 14.2 Å². The quantitative estimate of drug-likeness (QED) is 0.433. The van der Waals surface area contributed by atoms with Gasteiger partial charge < -0.3 is 4.98 Å². The molecule has 2 heterocycles. The number of carbonyl (C=O) groups excluding carboxylic acids is 1. The Morgan fingerprint density at radius 3 is 2.59 bits per heavy atom. The highest BCUT2D eigenvalue weighted by molar-refractivity contribution is 7.20. The Morgan fingerprint density at radius 1 is 1.05 bits per heavy atom. The molecule has 0 unspecified atom stereocenters. The van der Waals surface area contributed by atoms with Crippen LogP contribution in [-0.2, 0) is 0 Å². The van der Waals surface area contributed by atoms with Crippen LogP contribution in [0.15, 0.2) is 42.5 Å². The summed E-state index contributed by atoms with van der Waals surface area (Å²) >= 11 is 13.6. The number of rotatable bonds is 2. The molecule has 4 aromatic rings. The van der Waals surface area contributed by atoms with E-state index in [4.69, 9.17) is 23.2 Å². The third-order valence-electron chi connectivity index (χ3n) is 3.78. The van der Waals surface area contributed by atoms with E-state index in [0.717, 1.165) is 39.2 Å². The van der Waals surface area contributed by atoms with E-state index in [-0.39, 0.29) is 0 Å². The predicted molar refractivity (Wildman–Crippen MR) is 94.5 cm³/mol. The highest BCUT2D eigenvalue weighted by Crippen LogP contribution is 2.41. The van der Waals surface area contributed by atoms with Gasteiger partial charge in [0, 0.05) is 21.9 Å². The van der Waals surface area contributed by atoms with E-state index < -0.39 is 0 Å². The Hall–Kier alpha value is -1.81. The van der Waals surface area contributed by atoms with Gasteiger partial charge >= 0.3 is 0 Å². The van der Waals surface area contributed by atoms with Crippen molar-refractivity contribution in [1.29, 1.82) is 0 Å². The van der Waals surface area contributed by atoms with Crippen LogP contribution in [0.5, 0.6) is 0 Å². The van der Waals surface area contributed by atoms with E-state index in [9.17, 15) is 4.79 Å². The zero-order valence-electron chi connectivity index (χ0n) is 11.2. The summed E-state index contributed by atoms with van der Waals surface area (Å²) < 4.78 is 1.17. The maximum atomic E-state index is 11.6. The fourth-order valence-corrected chi connectivity index (χ4v) is 4.28. The minimum absolute atomic E-state index is 0.573. The van der Waals surface area contributed by atoms with Crippen molar-refractivity contribution in [1.82, 2.24) is 4.98 Å². The molecular formula is C17H9Cl2NOS. The summed E-state index contributed by atoms with van der Waals surface area (Å²) in [6.07, 6.45) is 0.866. The molecule has 108 valence electrons. The maximum Gasteiger partial charge on any atom is 0.152 e. The number of hydrogen-bond donors (Lipinski definition) is 1. The van der Waals surface area contributed by atoms with Gasteiger partial charge in [0.2, 0.25) is 0 Å². The van der Waals surface area contributed by atoms with Crippen molar-refractivity contribution in [2.75, 3.05) is 0 Å². The summed E-state index contributed by atoms with van der Waals surface area (Å²) in [4.78, 5) is 15.0. The van der Waals surface area contributed by atoms with E-state index in [1.807, 2.05) is 36.4 Å². The second kappa shape index (κ2) is 5.13. The average Bonchev–Trinajstić information content (AvgIpc) is 3.06. The lowest BCUT2D eigenvalue weighted by Gasteiger charge is -1.98. The van der Waals surface area contributed by atoms with Gasteiger partial charge in [0.15, 0.2) is 6.29 Å². The molecule has 0 fully saturated rings. The molecule has 0 aliphatic carbocycles. The Balaban J connectivity index is 2.13. The van der Waals surface area contributed by atoms with E-state index in [1.165, 1.54) is 11.3 Å². The van der Waals surface area contributed by atoms with Crippen LogP contribution < -0.4 is 0 Å². The number of carbonyl (C=O) groups is 1. The van der Waals surface area contributed by atoms with Crippen LogP contribution >= 0.6 is 34.5 Å². The second-order valence-corrected chi connectivity index (χ2v) is 7.26. The third-order valence-corrected chi connectivity index (χ3v) is 5.27. The highest BCUT2D eigenvalue weighted by Gasteiger charge is 2.18. The molecule has 5 heteroatoms. The number of benzene rings is 2. The van der Waals surface area contributed by atoms with Gasteiger partial charge in [-0.1, -0.05) is 59.6 Å². The number of thiophene rings is 1. The molecule has 0 atom stereocenters. The number of hydrogen-bond acceptors (Lipinski definition) is 2. The predicted octanol–water partition coefficient (Wildman–Crippen LogP) is 6.17. The lowest BCUT2D eigenvalue weighted by molar-refractivity contribution is 0.112. The molecule has 2 aromatic heterocycles. The summed E-state index contributed by atoms with van der Waals surface area (Å²) in [5, 5.41) is 3.09. The summed E-state index contributed by atoms with van der Waals surface area (Å²) in [7, 11) is 0. The lowest BCUT2D eigenvalue weighted by Crippen LogP contribution is -1.82. The number of aromatic amines is 1. The van der Waals surface area contributed by atoms with Crippen LogP contribution in [0.1, 0.15) is 10.4 Å². The number of aldehydes is 1. The van der Waals surface area contributed by atoms with Crippen LogP contribution in [0.4, 0.5) is 0 Å². The first-order valence-corrected chi connectivity index (χ1v) is 8.20. The van der Waals surface area contributed by atoms with Crippen molar-refractivity contribution in [3.05, 3.63) is 56.7 Å². The molecule has 0 aliphatic heterocycles. The minimum atomic E-state index is 0.573. The third kappa shape index (κ3) is 1.97. The summed E-state index contributed by atoms with van der Waals surface area (Å²) in [6.45, 7) is 0. The van der Waals surface area contributed by atoms with Crippen LogP contribution in [0.25, 0.3) is 32.9 Å². The van der Waals surface area contributed by atoms with Gasteiger partial charge in [-0.25, -0.2) is 0 Å². The summed E-state index contributed by atoms with van der Waals surface area (Å²) in [6, 6.07) is 13.8. The first-order valence-electron chi connectivity index (χ1n) is 6.63. The van der Waals surface area contributed by atoms with Gasteiger partial charge in [0.05, 0.1) is 15.5 Å². The molecule has 0 saturated carbocycles. The number of aromatic nitrogens is 1. The van der Waals surface area contributed by atoms with Crippen LogP contribution in [0.3, 0.4) is 0 Å². The monoisotopic (exact) mass is 345 g/mol. The molecular weight excluding hydrogens is 337 g/mol. The van der Waals surface area contributed by atoms with Gasteiger partial charge in [-0.05, 0) is 11.5 Å². The standard InChI is InChI=1S/C17H9Cl2NOS/c18-14-7-12(17(19)22-14)16-13(8-21)11-6-5-9-3-1-2-4-10(9)15(11)20-16/h1-8,20H. The SMILES string of the molecule is O=Cc1c(-c2cc(Cl)sc2Cl)[nH]c2c1ccc1ccccc12. The topological polar surface area (TPSA) is 32.9 Å². The van der Waals surface area contributed by atoms with Gasteiger partial charge in [0.1, 0.15) is 4.34 Å². The molecule has 22 heavy (non-hydrogen) atoms. The molecule has 1 N–H and O–H groups in total. The molecule has 0 spiro atoms. The lowest BCUT2D eigenvalue weighted by atomic mass is 10.0. The van der Waals surface area contributed by atoms with Gasteiger partial charge in [0.25, 0.3) is 0 Å². The van der Waals surface area contributed by atoms with Crippen LogP contribution in [0, 0.1) is 0 Å². The van der Waals surface area contributed by atoms with Crippen molar-refractivity contribution < 1.29 is 4.79 Å². The molecule has 0 radical (unpaired) electrons. The van der Waals surface area contributed by atoms with Crippen molar-refractivity contribution in [2.45, 2.75) is 0 Å². The zero-order valence-corrected chi connectivity index (χ0v) is 13.5. The number of H-pyrrole nitrogens is 1. The first kappa shape index (κ1) is 13.8. The van der Waals surface area contributed by atoms with Crippen molar-refractivity contribution in [3.63, 3.8) is 0 Å². The normalized spacial score (nSPS) is 11.4. The first-order chi connectivity index (χ1) is 10.7. The second-order valence-electron chi connectivity index (χ2n) is 4.98.